The Labute approximate surface area is 104 Å². The van der Waals surface area contributed by atoms with Crippen molar-refractivity contribution in [1.29, 1.82) is 0 Å². The lowest BCUT2D eigenvalue weighted by Crippen LogP contribution is -2.26. The number of anilines is 1. The highest BCUT2D eigenvalue weighted by molar-refractivity contribution is 7.89. The molecular weight excluding hydrogens is 263 g/mol. The van der Waals surface area contributed by atoms with Crippen LogP contribution in [0.2, 0.25) is 0 Å². The molecule has 0 aliphatic heterocycles. The number of benzene rings is 1. The van der Waals surface area contributed by atoms with Gasteiger partial charge in [-0.25, -0.2) is 22.3 Å². The molecule has 0 radical (unpaired) electrons. The molecule has 6 nitrogen and oxygen atoms in total. The van der Waals surface area contributed by atoms with Crippen molar-refractivity contribution in [1.82, 2.24) is 4.72 Å². The van der Waals surface area contributed by atoms with Crippen molar-refractivity contribution in [2.24, 2.45) is 0 Å². The average molecular weight is 276 g/mol. The van der Waals surface area contributed by atoms with Gasteiger partial charge in [-0.2, -0.15) is 0 Å². The Hall–Kier alpha value is -1.67. The molecule has 1 aromatic rings. The van der Waals surface area contributed by atoms with Crippen LogP contribution < -0.4 is 10.0 Å². The lowest BCUT2D eigenvalue weighted by Gasteiger charge is -2.09. The molecule has 0 aromatic heterocycles. The first-order chi connectivity index (χ1) is 8.35. The van der Waals surface area contributed by atoms with Crippen LogP contribution in [0.15, 0.2) is 18.2 Å². The zero-order valence-corrected chi connectivity index (χ0v) is 10.4. The van der Waals surface area contributed by atoms with Gasteiger partial charge < -0.3 is 10.4 Å². The number of carbonyl (C=O) groups is 1. The van der Waals surface area contributed by atoms with Crippen LogP contribution in [0.4, 0.5) is 10.1 Å². The molecule has 0 spiro atoms. The van der Waals surface area contributed by atoms with Gasteiger partial charge in [0.2, 0.25) is 10.0 Å². The number of sulfonamides is 1. The van der Waals surface area contributed by atoms with E-state index in [4.69, 9.17) is 5.11 Å². The molecule has 0 heterocycles. The maximum absolute atomic E-state index is 12.9. The van der Waals surface area contributed by atoms with Crippen LogP contribution in [-0.4, -0.2) is 38.8 Å². The maximum Gasteiger partial charge on any atom is 0.337 e. The molecule has 0 saturated heterocycles. The third-order valence-electron chi connectivity index (χ3n) is 2.21. The minimum absolute atomic E-state index is 0.0229. The molecule has 8 heteroatoms. The zero-order chi connectivity index (χ0) is 13.8. The molecular formula is C10H13FN2O4S. The van der Waals surface area contributed by atoms with E-state index in [-0.39, 0.29) is 23.5 Å². The fraction of sp³-hybridized carbons (Fsp3) is 0.300. The van der Waals surface area contributed by atoms with Gasteiger partial charge in [0.05, 0.1) is 11.3 Å². The first kappa shape index (κ1) is 14.4. The fourth-order valence-electron chi connectivity index (χ4n) is 1.27. The minimum Gasteiger partial charge on any atom is -0.478 e. The first-order valence-electron chi connectivity index (χ1n) is 5.03. The second kappa shape index (κ2) is 5.78. The van der Waals surface area contributed by atoms with Crippen LogP contribution in [0.25, 0.3) is 0 Å². The summed E-state index contributed by atoms with van der Waals surface area (Å²) >= 11 is 0. The van der Waals surface area contributed by atoms with Crippen LogP contribution >= 0.6 is 0 Å². The van der Waals surface area contributed by atoms with E-state index in [2.05, 4.69) is 10.0 Å². The van der Waals surface area contributed by atoms with Crippen molar-refractivity contribution in [2.45, 2.75) is 0 Å². The molecule has 0 amide bonds. The van der Waals surface area contributed by atoms with Crippen LogP contribution in [0.3, 0.4) is 0 Å². The van der Waals surface area contributed by atoms with Crippen molar-refractivity contribution in [3.63, 3.8) is 0 Å². The highest BCUT2D eigenvalue weighted by Crippen LogP contribution is 2.16. The number of aromatic carboxylic acids is 1. The third-order valence-corrected chi connectivity index (χ3v) is 3.57. The summed E-state index contributed by atoms with van der Waals surface area (Å²) in [5, 5.41) is 11.5. The number of halogens is 1. The Morgan fingerprint density at radius 3 is 2.67 bits per heavy atom. The Morgan fingerprint density at radius 2 is 2.11 bits per heavy atom. The highest BCUT2D eigenvalue weighted by atomic mass is 32.2. The van der Waals surface area contributed by atoms with E-state index in [0.717, 1.165) is 12.1 Å². The predicted molar refractivity (Wildman–Crippen MR) is 64.7 cm³/mol. The first-order valence-corrected chi connectivity index (χ1v) is 6.69. The topological polar surface area (TPSA) is 95.5 Å². The number of rotatable bonds is 6. The highest BCUT2D eigenvalue weighted by Gasteiger charge is 2.12. The summed E-state index contributed by atoms with van der Waals surface area (Å²) < 4.78 is 37.3. The van der Waals surface area contributed by atoms with Crippen LogP contribution in [0.1, 0.15) is 10.4 Å². The Balaban J connectivity index is 2.77. The number of hydrogen-bond acceptors (Lipinski definition) is 4. The Kier molecular flexibility index (Phi) is 4.62. The fourth-order valence-corrected chi connectivity index (χ4v) is 1.84. The van der Waals surface area contributed by atoms with Gasteiger partial charge in [0.1, 0.15) is 5.82 Å². The summed E-state index contributed by atoms with van der Waals surface area (Å²) in [6.45, 7) is 0.0229. The molecule has 0 unspecified atom stereocenters. The van der Waals surface area contributed by atoms with Gasteiger partial charge in [0, 0.05) is 12.2 Å². The van der Waals surface area contributed by atoms with Crippen molar-refractivity contribution in [3.8, 4) is 0 Å². The monoisotopic (exact) mass is 276 g/mol. The summed E-state index contributed by atoms with van der Waals surface area (Å²) in [6, 6.07) is 3.23. The van der Waals surface area contributed by atoms with Gasteiger partial charge >= 0.3 is 5.97 Å². The number of hydrogen-bond donors (Lipinski definition) is 3. The van der Waals surface area contributed by atoms with E-state index < -0.39 is 21.8 Å². The van der Waals surface area contributed by atoms with Gasteiger partial charge in [0.25, 0.3) is 0 Å². The van der Waals surface area contributed by atoms with E-state index >= 15 is 0 Å². The lowest BCUT2D eigenvalue weighted by molar-refractivity contribution is 0.0697. The second-order valence-electron chi connectivity index (χ2n) is 3.44. The molecule has 0 aliphatic carbocycles. The molecule has 0 saturated carbocycles. The van der Waals surface area contributed by atoms with Crippen LogP contribution in [0, 0.1) is 5.82 Å². The normalized spacial score (nSPS) is 11.2. The SMILES string of the molecule is CNS(=O)(=O)CCNc1ccc(F)cc1C(=O)O. The van der Waals surface area contributed by atoms with Gasteiger partial charge in [0.15, 0.2) is 0 Å². The summed E-state index contributed by atoms with van der Waals surface area (Å²) in [4.78, 5) is 10.9. The molecule has 1 aromatic carbocycles. The smallest absolute Gasteiger partial charge is 0.337 e. The summed E-state index contributed by atoms with van der Waals surface area (Å²) in [5.74, 6) is -2.16. The molecule has 0 atom stereocenters. The molecule has 1 rings (SSSR count). The largest absolute Gasteiger partial charge is 0.478 e. The van der Waals surface area contributed by atoms with Crippen molar-refractivity contribution >= 4 is 21.7 Å². The van der Waals surface area contributed by atoms with Crippen molar-refractivity contribution < 1.29 is 22.7 Å². The van der Waals surface area contributed by atoms with Crippen LogP contribution in [-0.2, 0) is 10.0 Å². The molecule has 0 aliphatic rings. The van der Waals surface area contributed by atoms with E-state index in [1.165, 1.54) is 13.1 Å². The summed E-state index contributed by atoms with van der Waals surface area (Å²) in [7, 11) is -2.08. The number of carboxylic acid groups (broad SMARTS) is 1. The molecule has 100 valence electrons. The zero-order valence-electron chi connectivity index (χ0n) is 9.60. The van der Waals surface area contributed by atoms with Crippen molar-refractivity contribution in [2.75, 3.05) is 24.7 Å². The Bertz CT molecular complexity index is 545. The van der Waals surface area contributed by atoms with E-state index in [9.17, 15) is 17.6 Å². The summed E-state index contributed by atoms with van der Waals surface area (Å²) in [5.41, 5.74) is -0.0629. The van der Waals surface area contributed by atoms with E-state index in [1.807, 2.05) is 0 Å². The minimum atomic E-state index is -3.36. The molecule has 0 fully saturated rings. The van der Waals surface area contributed by atoms with Gasteiger partial charge in [-0.3, -0.25) is 0 Å². The van der Waals surface area contributed by atoms with Crippen LogP contribution in [0.5, 0.6) is 0 Å². The standard InChI is InChI=1S/C10H13FN2O4S/c1-12-18(16,17)5-4-13-9-3-2-7(11)6-8(9)10(14)15/h2-3,6,12-13H,4-5H2,1H3,(H,14,15). The molecule has 0 bridgehead atoms. The number of carboxylic acids is 1. The molecule has 3 N–H and O–H groups in total. The Morgan fingerprint density at radius 1 is 1.44 bits per heavy atom. The maximum atomic E-state index is 12.9. The predicted octanol–water partition coefficient (Wildman–Crippen LogP) is 0.485. The number of nitrogens with one attached hydrogen (secondary N) is 2. The van der Waals surface area contributed by atoms with E-state index in [0.29, 0.717) is 0 Å². The van der Waals surface area contributed by atoms with Crippen molar-refractivity contribution in [3.05, 3.63) is 29.6 Å². The van der Waals surface area contributed by atoms with Gasteiger partial charge in [-0.05, 0) is 25.2 Å². The quantitative estimate of drug-likeness (QED) is 0.702. The van der Waals surface area contributed by atoms with E-state index in [1.54, 1.807) is 0 Å². The summed E-state index contributed by atoms with van der Waals surface area (Å²) in [6.07, 6.45) is 0. The average Bonchev–Trinajstić information content (AvgIpc) is 2.30. The second-order valence-corrected chi connectivity index (χ2v) is 5.49. The molecule has 18 heavy (non-hydrogen) atoms. The third kappa shape index (κ3) is 3.97. The lowest BCUT2D eigenvalue weighted by atomic mass is 10.1. The van der Waals surface area contributed by atoms with Gasteiger partial charge in [-0.15, -0.1) is 0 Å². The van der Waals surface area contributed by atoms with Gasteiger partial charge in [-0.1, -0.05) is 0 Å².